The van der Waals surface area contributed by atoms with Crippen molar-refractivity contribution in [3.05, 3.63) is 17.0 Å². The third-order valence-corrected chi connectivity index (χ3v) is 6.14. The fraction of sp³-hybridized carbons (Fsp3) is 0.733. The van der Waals surface area contributed by atoms with Crippen LogP contribution in [0.2, 0.25) is 0 Å². The Morgan fingerprint density at radius 2 is 2.32 bits per heavy atom. The highest BCUT2D eigenvalue weighted by atomic mass is 32.2. The maximum absolute atomic E-state index is 10.3. The molecule has 2 nitrogen and oxygen atoms in total. The minimum Gasteiger partial charge on any atom is -0.388 e. The number of aliphatic hydroxyl groups is 1. The van der Waals surface area contributed by atoms with Gasteiger partial charge in [-0.1, -0.05) is 13.3 Å². The lowest BCUT2D eigenvalue weighted by molar-refractivity contribution is 0.111. The summed E-state index contributed by atoms with van der Waals surface area (Å²) in [6.45, 7) is 6.71. The molecular weight excluding hydrogens is 274 g/mol. The molecule has 2 atom stereocenters. The zero-order valence-corrected chi connectivity index (χ0v) is 13.6. The van der Waals surface area contributed by atoms with Gasteiger partial charge in [0.05, 0.1) is 10.3 Å². The van der Waals surface area contributed by atoms with Gasteiger partial charge in [0.25, 0.3) is 0 Å². The number of aliphatic hydroxyl groups excluding tert-OH is 1. The lowest BCUT2D eigenvalue weighted by atomic mass is 10.0. The quantitative estimate of drug-likeness (QED) is 0.798. The molecule has 0 radical (unpaired) electrons. The molecule has 1 aromatic rings. The summed E-state index contributed by atoms with van der Waals surface area (Å²) in [7, 11) is 0. The molecule has 2 unspecified atom stereocenters. The first kappa shape index (κ1) is 15.4. The number of thioether (sulfide) groups is 1. The molecule has 4 heteroatoms. The molecule has 1 aliphatic rings. The number of likely N-dealkylation sites (tertiary alicyclic amines) is 1. The molecule has 2 heterocycles. The van der Waals surface area contributed by atoms with E-state index in [4.69, 9.17) is 0 Å². The van der Waals surface area contributed by atoms with E-state index in [1.807, 2.05) is 11.8 Å². The van der Waals surface area contributed by atoms with Crippen molar-refractivity contribution in [3.8, 4) is 0 Å². The largest absolute Gasteiger partial charge is 0.388 e. The van der Waals surface area contributed by atoms with Crippen molar-refractivity contribution in [1.29, 1.82) is 0 Å². The molecule has 0 bridgehead atoms. The summed E-state index contributed by atoms with van der Waals surface area (Å²) in [5, 5.41) is 10.3. The average Bonchev–Trinajstić information content (AvgIpc) is 2.87. The molecule has 19 heavy (non-hydrogen) atoms. The van der Waals surface area contributed by atoms with Gasteiger partial charge in [-0.3, -0.25) is 0 Å². The standard InChI is InChI=1S/C15H25NOS2/c1-3-18-15-8-7-14(19-15)13(17)9-11-16-10-5-4-6-12(16)2/h7-8,12-13,17H,3-6,9-11H2,1-2H3. The summed E-state index contributed by atoms with van der Waals surface area (Å²) >= 11 is 3.60. The van der Waals surface area contributed by atoms with E-state index in [-0.39, 0.29) is 6.10 Å². The van der Waals surface area contributed by atoms with Crippen LogP contribution in [-0.2, 0) is 0 Å². The first-order valence-electron chi connectivity index (χ1n) is 7.35. The Morgan fingerprint density at radius 1 is 1.47 bits per heavy atom. The van der Waals surface area contributed by atoms with Crippen molar-refractivity contribution in [2.24, 2.45) is 0 Å². The van der Waals surface area contributed by atoms with Gasteiger partial charge in [-0.05, 0) is 50.6 Å². The van der Waals surface area contributed by atoms with E-state index in [0.29, 0.717) is 6.04 Å². The van der Waals surface area contributed by atoms with Gasteiger partial charge in [0.1, 0.15) is 0 Å². The van der Waals surface area contributed by atoms with Crippen LogP contribution in [0.5, 0.6) is 0 Å². The number of thiophene rings is 1. The second kappa shape index (κ2) is 7.67. The summed E-state index contributed by atoms with van der Waals surface area (Å²) < 4.78 is 1.32. The number of hydrogen-bond acceptors (Lipinski definition) is 4. The van der Waals surface area contributed by atoms with Crippen LogP contribution in [0.1, 0.15) is 50.5 Å². The highest BCUT2D eigenvalue weighted by molar-refractivity contribution is 8.01. The maximum atomic E-state index is 10.3. The van der Waals surface area contributed by atoms with E-state index < -0.39 is 0 Å². The van der Waals surface area contributed by atoms with Gasteiger partial charge in [0.2, 0.25) is 0 Å². The van der Waals surface area contributed by atoms with Gasteiger partial charge in [0, 0.05) is 17.5 Å². The fourth-order valence-electron chi connectivity index (χ4n) is 2.65. The molecule has 1 fully saturated rings. The third kappa shape index (κ3) is 4.48. The summed E-state index contributed by atoms with van der Waals surface area (Å²) in [6.07, 6.45) is 4.57. The first-order valence-corrected chi connectivity index (χ1v) is 9.15. The number of rotatable bonds is 6. The van der Waals surface area contributed by atoms with Gasteiger partial charge in [-0.25, -0.2) is 0 Å². The molecule has 2 rings (SSSR count). The van der Waals surface area contributed by atoms with Crippen molar-refractivity contribution < 1.29 is 5.11 Å². The minimum atomic E-state index is -0.287. The predicted octanol–water partition coefficient (Wildman–Crippen LogP) is 4.16. The normalized spacial score (nSPS) is 22.6. The van der Waals surface area contributed by atoms with Crippen LogP contribution in [0.15, 0.2) is 16.3 Å². The Bertz CT molecular complexity index is 380. The fourth-order valence-corrected chi connectivity index (χ4v) is 4.74. The molecule has 0 aliphatic carbocycles. The van der Waals surface area contributed by atoms with Crippen molar-refractivity contribution in [3.63, 3.8) is 0 Å². The molecule has 0 spiro atoms. The molecule has 1 N–H and O–H groups in total. The molecule has 1 saturated heterocycles. The zero-order valence-electron chi connectivity index (χ0n) is 12.0. The minimum absolute atomic E-state index is 0.287. The Kier molecular flexibility index (Phi) is 6.20. The van der Waals surface area contributed by atoms with E-state index in [0.717, 1.165) is 23.6 Å². The third-order valence-electron chi connectivity index (χ3n) is 3.85. The SMILES string of the molecule is CCSc1ccc(C(O)CCN2CCCCC2C)s1. The second-order valence-corrected chi connectivity index (χ2v) is 7.95. The summed E-state index contributed by atoms with van der Waals surface area (Å²) in [4.78, 5) is 3.66. The highest BCUT2D eigenvalue weighted by Gasteiger charge is 2.19. The van der Waals surface area contributed by atoms with Crippen LogP contribution >= 0.6 is 23.1 Å². The Hall–Kier alpha value is -0.0300. The number of nitrogens with zero attached hydrogens (tertiary/aromatic N) is 1. The summed E-state index contributed by atoms with van der Waals surface area (Å²) in [6, 6.07) is 4.92. The first-order chi connectivity index (χ1) is 9.20. The molecule has 1 aromatic heterocycles. The Balaban J connectivity index is 1.80. The molecule has 108 valence electrons. The van der Waals surface area contributed by atoms with E-state index in [1.54, 1.807) is 11.3 Å². The number of hydrogen-bond donors (Lipinski definition) is 1. The molecule has 1 aliphatic heterocycles. The van der Waals surface area contributed by atoms with E-state index in [9.17, 15) is 5.11 Å². The Morgan fingerprint density at radius 3 is 3.05 bits per heavy atom. The summed E-state index contributed by atoms with van der Waals surface area (Å²) in [5.74, 6) is 1.10. The molecule has 0 aromatic carbocycles. The van der Waals surface area contributed by atoms with Crippen molar-refractivity contribution in [2.45, 2.75) is 55.9 Å². The second-order valence-electron chi connectivity index (χ2n) is 5.28. The van der Waals surface area contributed by atoms with Crippen LogP contribution in [0.3, 0.4) is 0 Å². The monoisotopic (exact) mass is 299 g/mol. The topological polar surface area (TPSA) is 23.5 Å². The Labute approximate surface area is 125 Å². The van der Waals surface area contributed by atoms with Gasteiger partial charge < -0.3 is 10.0 Å². The van der Waals surface area contributed by atoms with E-state index in [1.165, 1.54) is 30.0 Å². The predicted molar refractivity (Wildman–Crippen MR) is 85.2 cm³/mol. The van der Waals surface area contributed by atoms with Crippen LogP contribution in [0, 0.1) is 0 Å². The van der Waals surface area contributed by atoms with Gasteiger partial charge >= 0.3 is 0 Å². The van der Waals surface area contributed by atoms with Crippen LogP contribution in [0.25, 0.3) is 0 Å². The van der Waals surface area contributed by atoms with Gasteiger partial charge in [-0.15, -0.1) is 23.1 Å². The maximum Gasteiger partial charge on any atom is 0.0894 e. The van der Waals surface area contributed by atoms with Crippen molar-refractivity contribution >= 4 is 23.1 Å². The smallest absolute Gasteiger partial charge is 0.0894 e. The highest BCUT2D eigenvalue weighted by Crippen LogP contribution is 2.32. The molecule has 0 saturated carbocycles. The van der Waals surface area contributed by atoms with E-state index in [2.05, 4.69) is 30.9 Å². The lowest BCUT2D eigenvalue weighted by Crippen LogP contribution is -2.38. The zero-order chi connectivity index (χ0) is 13.7. The van der Waals surface area contributed by atoms with Crippen LogP contribution < -0.4 is 0 Å². The number of piperidine rings is 1. The van der Waals surface area contributed by atoms with E-state index >= 15 is 0 Å². The average molecular weight is 300 g/mol. The van der Waals surface area contributed by atoms with Crippen LogP contribution in [-0.4, -0.2) is 34.9 Å². The molecular formula is C15H25NOS2. The van der Waals surface area contributed by atoms with Gasteiger partial charge in [0.15, 0.2) is 0 Å². The van der Waals surface area contributed by atoms with Crippen molar-refractivity contribution in [1.82, 2.24) is 4.90 Å². The molecule has 0 amide bonds. The lowest BCUT2D eigenvalue weighted by Gasteiger charge is -2.33. The van der Waals surface area contributed by atoms with Crippen molar-refractivity contribution in [2.75, 3.05) is 18.8 Å². The summed E-state index contributed by atoms with van der Waals surface area (Å²) in [5.41, 5.74) is 0. The van der Waals surface area contributed by atoms with Crippen LogP contribution in [0.4, 0.5) is 0 Å². The van der Waals surface area contributed by atoms with Gasteiger partial charge in [-0.2, -0.15) is 0 Å².